The molecule has 1 aromatic heterocycles. The van der Waals surface area contributed by atoms with Crippen molar-refractivity contribution in [3.63, 3.8) is 0 Å². The number of aryl methyl sites for hydroxylation is 1. The van der Waals surface area contributed by atoms with Crippen LogP contribution >= 0.6 is 15.9 Å². The van der Waals surface area contributed by atoms with Gasteiger partial charge in [0.15, 0.2) is 0 Å². The monoisotopic (exact) mass is 307 g/mol. The Kier molecular flexibility index (Phi) is 4.19. The molecule has 2 rings (SSSR count). The van der Waals surface area contributed by atoms with Gasteiger partial charge in [0, 0.05) is 23.3 Å². The Bertz CT molecular complexity index is 532. The molecule has 1 aromatic carbocycles. The lowest BCUT2D eigenvalue weighted by Crippen LogP contribution is -2.21. The number of nitrogens with one attached hydrogen (secondary N) is 1. The van der Waals surface area contributed by atoms with Crippen LogP contribution in [0.15, 0.2) is 35.2 Å². The van der Waals surface area contributed by atoms with Crippen LogP contribution in [0.5, 0.6) is 0 Å². The summed E-state index contributed by atoms with van der Waals surface area (Å²) in [6.07, 6.45) is 3.91. The zero-order chi connectivity index (χ0) is 13.1. The van der Waals surface area contributed by atoms with Crippen LogP contribution in [0.4, 0.5) is 0 Å². The molecule has 0 unspecified atom stereocenters. The molecule has 18 heavy (non-hydrogen) atoms. The number of imidazole rings is 1. The van der Waals surface area contributed by atoms with Crippen LogP contribution in [0.1, 0.15) is 25.1 Å². The van der Waals surface area contributed by atoms with Gasteiger partial charge >= 0.3 is 0 Å². The van der Waals surface area contributed by atoms with E-state index in [-0.39, 0.29) is 0 Å². The van der Waals surface area contributed by atoms with Crippen LogP contribution in [0, 0.1) is 6.92 Å². The highest BCUT2D eigenvalue weighted by atomic mass is 79.9. The second-order valence-corrected chi connectivity index (χ2v) is 5.62. The van der Waals surface area contributed by atoms with Crippen LogP contribution in [0.3, 0.4) is 0 Å². The molecule has 0 saturated heterocycles. The third-order valence-corrected chi connectivity index (χ3v) is 3.34. The van der Waals surface area contributed by atoms with Crippen molar-refractivity contribution in [2.24, 2.45) is 0 Å². The average Bonchev–Trinajstić information content (AvgIpc) is 2.75. The van der Waals surface area contributed by atoms with Gasteiger partial charge in [-0.15, -0.1) is 0 Å². The number of aromatic nitrogens is 2. The number of hydrogen-bond acceptors (Lipinski definition) is 2. The highest BCUT2D eigenvalue weighted by Crippen LogP contribution is 2.22. The molecular weight excluding hydrogens is 290 g/mol. The maximum atomic E-state index is 4.41. The van der Waals surface area contributed by atoms with E-state index < -0.39 is 0 Å². The number of benzene rings is 1. The molecule has 0 aliphatic rings. The molecule has 0 aliphatic heterocycles. The van der Waals surface area contributed by atoms with Crippen molar-refractivity contribution in [1.29, 1.82) is 0 Å². The molecule has 0 fully saturated rings. The molecule has 0 aliphatic carbocycles. The highest BCUT2D eigenvalue weighted by molar-refractivity contribution is 9.10. The number of rotatable bonds is 4. The molecule has 0 saturated carbocycles. The molecule has 0 bridgehead atoms. The molecule has 3 nitrogen and oxygen atoms in total. The van der Waals surface area contributed by atoms with E-state index in [1.165, 1.54) is 5.56 Å². The molecular formula is C14H18BrN3. The lowest BCUT2D eigenvalue weighted by molar-refractivity contribution is 0.582. The number of nitrogens with zero attached hydrogens (tertiary/aromatic N) is 2. The van der Waals surface area contributed by atoms with Crippen molar-refractivity contribution in [3.05, 3.63) is 46.5 Å². The van der Waals surface area contributed by atoms with E-state index in [1.807, 2.05) is 10.9 Å². The van der Waals surface area contributed by atoms with E-state index in [0.717, 1.165) is 22.4 Å². The van der Waals surface area contributed by atoms with Crippen molar-refractivity contribution in [1.82, 2.24) is 14.9 Å². The SMILES string of the molecule is Cc1ccc(-n2cnc(CNC(C)C)c2)c(Br)c1. The van der Waals surface area contributed by atoms with Crippen LogP contribution in [-0.2, 0) is 6.54 Å². The molecule has 96 valence electrons. The summed E-state index contributed by atoms with van der Waals surface area (Å²) in [7, 11) is 0. The molecule has 0 radical (unpaired) electrons. The molecule has 1 N–H and O–H groups in total. The fourth-order valence-corrected chi connectivity index (χ4v) is 2.41. The largest absolute Gasteiger partial charge is 0.309 e. The van der Waals surface area contributed by atoms with Crippen molar-refractivity contribution in [2.75, 3.05) is 0 Å². The van der Waals surface area contributed by atoms with Crippen LogP contribution in [0.25, 0.3) is 5.69 Å². The first-order chi connectivity index (χ1) is 8.56. The maximum Gasteiger partial charge on any atom is 0.0996 e. The predicted molar refractivity (Wildman–Crippen MR) is 78.0 cm³/mol. The van der Waals surface area contributed by atoms with Gasteiger partial charge in [0.2, 0.25) is 0 Å². The number of halogens is 1. The Labute approximate surface area is 116 Å². The van der Waals surface area contributed by atoms with Gasteiger partial charge < -0.3 is 9.88 Å². The van der Waals surface area contributed by atoms with E-state index in [2.05, 4.69) is 71.4 Å². The smallest absolute Gasteiger partial charge is 0.0996 e. The second-order valence-electron chi connectivity index (χ2n) is 4.76. The Morgan fingerprint density at radius 1 is 1.39 bits per heavy atom. The fourth-order valence-electron chi connectivity index (χ4n) is 1.72. The van der Waals surface area contributed by atoms with E-state index >= 15 is 0 Å². The van der Waals surface area contributed by atoms with Crippen LogP contribution in [-0.4, -0.2) is 15.6 Å². The summed E-state index contributed by atoms with van der Waals surface area (Å²) >= 11 is 3.59. The van der Waals surface area contributed by atoms with Crippen LogP contribution in [0.2, 0.25) is 0 Å². The molecule has 1 heterocycles. The standard InChI is InChI=1S/C14H18BrN3/c1-10(2)16-7-12-8-18(9-17-12)14-5-4-11(3)6-13(14)15/h4-6,8-10,16H,7H2,1-3H3. The zero-order valence-corrected chi connectivity index (χ0v) is 12.5. The predicted octanol–water partition coefficient (Wildman–Crippen LogP) is 3.44. The van der Waals surface area contributed by atoms with Gasteiger partial charge in [-0.05, 0) is 40.5 Å². The summed E-state index contributed by atoms with van der Waals surface area (Å²) in [5, 5.41) is 3.36. The molecule has 0 amide bonds. The second kappa shape index (κ2) is 5.67. The first-order valence-electron chi connectivity index (χ1n) is 6.09. The third kappa shape index (κ3) is 3.21. The van der Waals surface area contributed by atoms with Gasteiger partial charge in [-0.3, -0.25) is 0 Å². The van der Waals surface area contributed by atoms with Crippen molar-refractivity contribution >= 4 is 15.9 Å². The van der Waals surface area contributed by atoms with Crippen LogP contribution < -0.4 is 5.32 Å². The topological polar surface area (TPSA) is 29.9 Å². The van der Waals surface area contributed by atoms with E-state index in [4.69, 9.17) is 0 Å². The van der Waals surface area contributed by atoms with E-state index in [1.54, 1.807) is 0 Å². The van der Waals surface area contributed by atoms with Gasteiger partial charge in [0.1, 0.15) is 0 Å². The minimum atomic E-state index is 0.473. The third-order valence-electron chi connectivity index (χ3n) is 2.71. The highest BCUT2D eigenvalue weighted by Gasteiger charge is 2.05. The zero-order valence-electron chi connectivity index (χ0n) is 10.9. The lowest BCUT2D eigenvalue weighted by atomic mass is 10.2. The fraction of sp³-hybridized carbons (Fsp3) is 0.357. The summed E-state index contributed by atoms with van der Waals surface area (Å²) in [4.78, 5) is 4.41. The summed E-state index contributed by atoms with van der Waals surface area (Å²) in [6, 6.07) is 6.79. The normalized spacial score (nSPS) is 11.2. The van der Waals surface area contributed by atoms with Gasteiger partial charge in [-0.1, -0.05) is 19.9 Å². The van der Waals surface area contributed by atoms with Crippen molar-refractivity contribution < 1.29 is 0 Å². The molecule has 0 atom stereocenters. The average molecular weight is 308 g/mol. The minimum absolute atomic E-state index is 0.473. The lowest BCUT2D eigenvalue weighted by Gasteiger charge is -2.06. The van der Waals surface area contributed by atoms with Gasteiger partial charge in [0.25, 0.3) is 0 Å². The maximum absolute atomic E-state index is 4.41. The Balaban J connectivity index is 2.18. The Morgan fingerprint density at radius 3 is 2.83 bits per heavy atom. The summed E-state index contributed by atoms with van der Waals surface area (Å²) in [6.45, 7) is 7.15. The Hall–Kier alpha value is -1.13. The minimum Gasteiger partial charge on any atom is -0.309 e. The number of hydrogen-bond donors (Lipinski definition) is 1. The quantitative estimate of drug-likeness (QED) is 0.937. The molecule has 2 aromatic rings. The first-order valence-corrected chi connectivity index (χ1v) is 6.88. The summed E-state index contributed by atoms with van der Waals surface area (Å²) < 4.78 is 3.13. The van der Waals surface area contributed by atoms with Gasteiger partial charge in [-0.2, -0.15) is 0 Å². The molecule has 0 spiro atoms. The van der Waals surface area contributed by atoms with Crippen molar-refractivity contribution in [3.8, 4) is 5.69 Å². The van der Waals surface area contributed by atoms with Crippen molar-refractivity contribution in [2.45, 2.75) is 33.4 Å². The summed E-state index contributed by atoms with van der Waals surface area (Å²) in [5.74, 6) is 0. The molecule has 4 heteroatoms. The first kappa shape index (κ1) is 13.3. The van der Waals surface area contributed by atoms with E-state index in [9.17, 15) is 0 Å². The van der Waals surface area contributed by atoms with E-state index in [0.29, 0.717) is 6.04 Å². The Morgan fingerprint density at radius 2 is 2.17 bits per heavy atom. The van der Waals surface area contributed by atoms with Gasteiger partial charge in [-0.25, -0.2) is 4.98 Å². The summed E-state index contributed by atoms with van der Waals surface area (Å²) in [5.41, 5.74) is 3.41. The van der Waals surface area contributed by atoms with Gasteiger partial charge in [0.05, 0.1) is 17.7 Å².